The van der Waals surface area contributed by atoms with Gasteiger partial charge < -0.3 is 4.74 Å². The molecule has 0 aliphatic carbocycles. The molecule has 0 fully saturated rings. The van der Waals surface area contributed by atoms with Gasteiger partial charge in [-0.1, -0.05) is 66.2 Å². The van der Waals surface area contributed by atoms with Gasteiger partial charge in [0.2, 0.25) is 0 Å². The average Bonchev–Trinajstić information content (AvgIpc) is 2.62. The highest BCUT2D eigenvalue weighted by Gasteiger charge is 2.06. The van der Waals surface area contributed by atoms with Crippen molar-refractivity contribution in [2.45, 2.75) is 0 Å². The van der Waals surface area contributed by atoms with Crippen LogP contribution in [0.25, 0.3) is 11.6 Å². The van der Waals surface area contributed by atoms with Crippen LogP contribution < -0.4 is 4.74 Å². The summed E-state index contributed by atoms with van der Waals surface area (Å²) in [5, 5.41) is 0.738. The van der Waals surface area contributed by atoms with Crippen molar-refractivity contribution in [1.82, 2.24) is 0 Å². The molecular formula is C21H17ClO. The summed E-state index contributed by atoms with van der Waals surface area (Å²) in [4.78, 5) is 0. The van der Waals surface area contributed by atoms with Gasteiger partial charge in [0.25, 0.3) is 0 Å². The third-order valence-corrected chi connectivity index (χ3v) is 3.92. The summed E-state index contributed by atoms with van der Waals surface area (Å²) >= 11 is 6.03. The SMILES string of the molecule is COc1ccc(/C(=C/c2ccccc2)c2ccc(Cl)cc2)cc1. The lowest BCUT2D eigenvalue weighted by Crippen LogP contribution is -1.89. The van der Waals surface area contributed by atoms with Crippen LogP contribution in [0.4, 0.5) is 0 Å². The van der Waals surface area contributed by atoms with Gasteiger partial charge in [0.1, 0.15) is 5.75 Å². The van der Waals surface area contributed by atoms with Crippen LogP contribution in [0.3, 0.4) is 0 Å². The van der Waals surface area contributed by atoms with Gasteiger partial charge in [0.15, 0.2) is 0 Å². The Morgan fingerprint density at radius 3 is 1.91 bits per heavy atom. The molecule has 0 aliphatic rings. The Labute approximate surface area is 141 Å². The van der Waals surface area contributed by atoms with E-state index in [-0.39, 0.29) is 0 Å². The molecule has 1 nitrogen and oxygen atoms in total. The zero-order chi connectivity index (χ0) is 16.1. The normalized spacial score (nSPS) is 11.3. The van der Waals surface area contributed by atoms with Crippen LogP contribution in [0.2, 0.25) is 5.02 Å². The molecule has 23 heavy (non-hydrogen) atoms. The number of hydrogen-bond acceptors (Lipinski definition) is 1. The first-order valence-corrected chi connectivity index (χ1v) is 7.81. The van der Waals surface area contributed by atoms with Gasteiger partial charge in [-0.25, -0.2) is 0 Å². The molecule has 0 spiro atoms. The molecule has 0 heterocycles. The third-order valence-electron chi connectivity index (χ3n) is 3.67. The van der Waals surface area contributed by atoms with E-state index >= 15 is 0 Å². The van der Waals surface area contributed by atoms with E-state index in [2.05, 4.69) is 30.3 Å². The van der Waals surface area contributed by atoms with Crippen LogP contribution in [0.5, 0.6) is 5.75 Å². The molecule has 3 rings (SSSR count). The van der Waals surface area contributed by atoms with E-state index in [1.54, 1.807) is 7.11 Å². The largest absolute Gasteiger partial charge is 0.497 e. The van der Waals surface area contributed by atoms with Gasteiger partial charge in [-0.3, -0.25) is 0 Å². The molecule has 0 atom stereocenters. The minimum absolute atomic E-state index is 0.738. The molecule has 3 aromatic rings. The van der Waals surface area contributed by atoms with Crippen LogP contribution in [0.1, 0.15) is 16.7 Å². The van der Waals surface area contributed by atoms with Crippen molar-refractivity contribution < 1.29 is 4.74 Å². The summed E-state index contributed by atoms with van der Waals surface area (Å²) in [5.74, 6) is 0.851. The summed E-state index contributed by atoms with van der Waals surface area (Å²) < 4.78 is 5.25. The van der Waals surface area contributed by atoms with E-state index in [1.165, 1.54) is 0 Å². The quantitative estimate of drug-likeness (QED) is 0.541. The summed E-state index contributed by atoms with van der Waals surface area (Å²) in [6.45, 7) is 0. The molecule has 0 amide bonds. The molecule has 0 saturated carbocycles. The first-order chi connectivity index (χ1) is 11.3. The molecule has 0 radical (unpaired) electrons. The van der Waals surface area contributed by atoms with Crippen LogP contribution in [0.15, 0.2) is 78.9 Å². The van der Waals surface area contributed by atoms with Gasteiger partial charge in [0, 0.05) is 5.02 Å². The summed E-state index contributed by atoms with van der Waals surface area (Å²) in [5.41, 5.74) is 4.57. The smallest absolute Gasteiger partial charge is 0.118 e. The van der Waals surface area contributed by atoms with Crippen molar-refractivity contribution in [2.75, 3.05) is 7.11 Å². The molecule has 114 valence electrons. The Hall–Kier alpha value is -2.51. The van der Waals surface area contributed by atoms with E-state index in [1.807, 2.05) is 54.6 Å². The maximum absolute atomic E-state index is 6.03. The van der Waals surface area contributed by atoms with E-state index < -0.39 is 0 Å². The summed E-state index contributed by atoms with van der Waals surface area (Å²) in [6, 6.07) is 26.3. The van der Waals surface area contributed by atoms with Crippen molar-refractivity contribution in [1.29, 1.82) is 0 Å². The predicted molar refractivity (Wildman–Crippen MR) is 97.9 cm³/mol. The fraction of sp³-hybridized carbons (Fsp3) is 0.0476. The number of methoxy groups -OCH3 is 1. The zero-order valence-corrected chi connectivity index (χ0v) is 13.6. The molecule has 0 aromatic heterocycles. The maximum Gasteiger partial charge on any atom is 0.118 e. The second-order valence-corrected chi connectivity index (χ2v) is 5.64. The third kappa shape index (κ3) is 3.82. The van der Waals surface area contributed by atoms with E-state index in [0.29, 0.717) is 0 Å². The molecule has 0 N–H and O–H groups in total. The standard InChI is InChI=1S/C21H17ClO/c1-23-20-13-9-18(10-14-20)21(15-16-5-3-2-4-6-16)17-7-11-19(22)12-8-17/h2-15H,1H3/b21-15+. The highest BCUT2D eigenvalue weighted by Crippen LogP contribution is 2.28. The van der Waals surface area contributed by atoms with Gasteiger partial charge in [-0.05, 0) is 52.6 Å². The fourth-order valence-corrected chi connectivity index (χ4v) is 2.58. The minimum atomic E-state index is 0.738. The Balaban J connectivity index is 2.09. The molecule has 0 unspecified atom stereocenters. The number of rotatable bonds is 4. The molecule has 3 aromatic carbocycles. The molecular weight excluding hydrogens is 304 g/mol. The minimum Gasteiger partial charge on any atom is -0.497 e. The Bertz CT molecular complexity index is 788. The molecule has 0 saturated heterocycles. The first kappa shape index (κ1) is 15.4. The zero-order valence-electron chi connectivity index (χ0n) is 12.9. The Morgan fingerprint density at radius 2 is 1.35 bits per heavy atom. The number of benzene rings is 3. The fourth-order valence-electron chi connectivity index (χ4n) is 2.45. The van der Waals surface area contributed by atoms with Gasteiger partial charge >= 0.3 is 0 Å². The first-order valence-electron chi connectivity index (χ1n) is 7.43. The van der Waals surface area contributed by atoms with Gasteiger partial charge in [0.05, 0.1) is 7.11 Å². The van der Waals surface area contributed by atoms with Crippen molar-refractivity contribution in [2.24, 2.45) is 0 Å². The molecule has 0 bridgehead atoms. The van der Waals surface area contributed by atoms with Crippen LogP contribution >= 0.6 is 11.6 Å². The number of ether oxygens (including phenoxy) is 1. The van der Waals surface area contributed by atoms with Crippen LogP contribution in [-0.2, 0) is 0 Å². The molecule has 2 heteroatoms. The average molecular weight is 321 g/mol. The number of hydrogen-bond donors (Lipinski definition) is 0. The monoisotopic (exact) mass is 320 g/mol. The highest BCUT2D eigenvalue weighted by atomic mass is 35.5. The topological polar surface area (TPSA) is 9.23 Å². The summed E-state index contributed by atoms with van der Waals surface area (Å²) in [7, 11) is 1.68. The lowest BCUT2D eigenvalue weighted by Gasteiger charge is -2.10. The van der Waals surface area contributed by atoms with E-state index in [4.69, 9.17) is 16.3 Å². The molecule has 0 aliphatic heterocycles. The van der Waals surface area contributed by atoms with Crippen LogP contribution in [-0.4, -0.2) is 7.11 Å². The highest BCUT2D eigenvalue weighted by molar-refractivity contribution is 6.30. The Kier molecular flexibility index (Phi) is 4.80. The lowest BCUT2D eigenvalue weighted by molar-refractivity contribution is 0.415. The predicted octanol–water partition coefficient (Wildman–Crippen LogP) is 5.94. The van der Waals surface area contributed by atoms with Crippen molar-refractivity contribution in [3.63, 3.8) is 0 Å². The van der Waals surface area contributed by atoms with Crippen molar-refractivity contribution in [3.8, 4) is 5.75 Å². The van der Waals surface area contributed by atoms with Gasteiger partial charge in [-0.15, -0.1) is 0 Å². The Morgan fingerprint density at radius 1 is 0.783 bits per heavy atom. The second kappa shape index (κ2) is 7.17. The van der Waals surface area contributed by atoms with Crippen molar-refractivity contribution >= 4 is 23.3 Å². The summed E-state index contributed by atoms with van der Waals surface area (Å²) in [6.07, 6.45) is 2.19. The van der Waals surface area contributed by atoms with E-state index in [9.17, 15) is 0 Å². The van der Waals surface area contributed by atoms with Gasteiger partial charge in [-0.2, -0.15) is 0 Å². The lowest BCUT2D eigenvalue weighted by atomic mass is 9.95. The maximum atomic E-state index is 6.03. The van der Waals surface area contributed by atoms with Crippen LogP contribution in [0, 0.1) is 0 Å². The second-order valence-electron chi connectivity index (χ2n) is 5.20. The number of halogens is 1. The van der Waals surface area contributed by atoms with E-state index in [0.717, 1.165) is 33.0 Å². The van der Waals surface area contributed by atoms with Crippen molar-refractivity contribution in [3.05, 3.63) is 101 Å².